The molecule has 1 aliphatic carbocycles. The Morgan fingerprint density at radius 2 is 1.67 bits per heavy atom. The lowest BCUT2D eigenvalue weighted by molar-refractivity contribution is -0.135. The van der Waals surface area contributed by atoms with Crippen molar-refractivity contribution in [3.63, 3.8) is 0 Å². The lowest BCUT2D eigenvalue weighted by Gasteiger charge is -2.27. The molecule has 5 nitrogen and oxygen atoms in total. The Hall–Kier alpha value is -2.18. The summed E-state index contributed by atoms with van der Waals surface area (Å²) in [6.07, 6.45) is 8.08. The van der Waals surface area contributed by atoms with Crippen LogP contribution in [0.2, 0.25) is 0 Å². The predicted molar refractivity (Wildman–Crippen MR) is 134 cm³/mol. The number of rotatable bonds is 4. The second-order valence-corrected chi connectivity index (χ2v) is 11.1. The van der Waals surface area contributed by atoms with Crippen LogP contribution in [0.1, 0.15) is 37.8 Å². The summed E-state index contributed by atoms with van der Waals surface area (Å²) in [7, 11) is 0. The summed E-state index contributed by atoms with van der Waals surface area (Å²) in [4.78, 5) is 22.8. The second-order valence-electron chi connectivity index (χ2n) is 10.1. The van der Waals surface area contributed by atoms with Gasteiger partial charge in [0.05, 0.1) is 11.4 Å². The van der Waals surface area contributed by atoms with Crippen molar-refractivity contribution in [2.24, 2.45) is 17.8 Å². The van der Waals surface area contributed by atoms with Crippen molar-refractivity contribution >= 4 is 27.5 Å². The number of fused-ring (bicyclic) bond motifs is 2. The first-order valence-electron chi connectivity index (χ1n) is 12.4. The number of hydrogen-bond donors (Lipinski definition) is 0. The SMILES string of the molecule is O=C(C1CCCCC1)N1CC2CN(Cc3c(-c4ccc(Br)cc4)nc4ccccn34)CC2C1. The van der Waals surface area contributed by atoms with E-state index in [0.29, 0.717) is 23.7 Å². The molecule has 2 aliphatic heterocycles. The third-order valence-electron chi connectivity index (χ3n) is 7.95. The fraction of sp³-hybridized carbons (Fsp3) is 0.481. The molecule has 0 spiro atoms. The summed E-state index contributed by atoms with van der Waals surface area (Å²) >= 11 is 3.55. The summed E-state index contributed by atoms with van der Waals surface area (Å²) in [5.41, 5.74) is 4.47. The van der Waals surface area contributed by atoms with E-state index in [4.69, 9.17) is 4.98 Å². The summed E-state index contributed by atoms with van der Waals surface area (Å²) in [5.74, 6) is 1.94. The Labute approximate surface area is 203 Å². The first kappa shape index (κ1) is 21.4. The molecule has 0 radical (unpaired) electrons. The van der Waals surface area contributed by atoms with Crippen LogP contribution < -0.4 is 0 Å². The van der Waals surface area contributed by atoms with Crippen LogP contribution in [0.5, 0.6) is 0 Å². The maximum atomic E-state index is 13.0. The number of hydrogen-bond acceptors (Lipinski definition) is 3. The molecule has 2 atom stereocenters. The molecule has 4 heterocycles. The fourth-order valence-corrected chi connectivity index (χ4v) is 6.52. The predicted octanol–water partition coefficient (Wildman–Crippen LogP) is 5.23. The Bertz CT molecular complexity index is 1140. The minimum atomic E-state index is 0.292. The van der Waals surface area contributed by atoms with Gasteiger partial charge in [-0.05, 0) is 48.9 Å². The number of halogens is 1. The Kier molecular flexibility index (Phi) is 5.75. The summed E-state index contributed by atoms with van der Waals surface area (Å²) in [5, 5.41) is 0. The maximum absolute atomic E-state index is 13.0. The van der Waals surface area contributed by atoms with Gasteiger partial charge < -0.3 is 9.30 Å². The summed E-state index contributed by atoms with van der Waals surface area (Å²) in [6.45, 7) is 4.92. The van der Waals surface area contributed by atoms with Crippen molar-refractivity contribution in [3.05, 3.63) is 58.8 Å². The number of likely N-dealkylation sites (tertiary alicyclic amines) is 2. The van der Waals surface area contributed by atoms with Crippen molar-refractivity contribution in [3.8, 4) is 11.3 Å². The van der Waals surface area contributed by atoms with Crippen LogP contribution in [-0.2, 0) is 11.3 Å². The van der Waals surface area contributed by atoms with Gasteiger partial charge in [-0.15, -0.1) is 0 Å². The van der Waals surface area contributed by atoms with Gasteiger partial charge in [-0.2, -0.15) is 0 Å². The average molecular weight is 507 g/mol. The zero-order valence-electron chi connectivity index (χ0n) is 19.0. The summed E-state index contributed by atoms with van der Waals surface area (Å²) in [6, 6.07) is 14.7. The van der Waals surface area contributed by atoms with E-state index in [1.54, 1.807) is 0 Å². The molecule has 1 aromatic carbocycles. The van der Waals surface area contributed by atoms with Crippen LogP contribution in [0.3, 0.4) is 0 Å². The van der Waals surface area contributed by atoms with Crippen LogP contribution in [0.15, 0.2) is 53.1 Å². The molecule has 1 saturated carbocycles. The standard InChI is InChI=1S/C27H31BrN4O/c28-23-11-9-19(10-12-23)26-24(32-13-5-4-8-25(32)29-26)18-30-14-21-16-31(17-22(21)15-30)27(33)20-6-2-1-3-7-20/h4-5,8-13,20-22H,1-3,6-7,14-18H2. The number of pyridine rings is 1. The minimum absolute atomic E-state index is 0.292. The monoisotopic (exact) mass is 506 g/mol. The number of carbonyl (C=O) groups is 1. The van der Waals surface area contributed by atoms with Gasteiger partial charge in [0, 0.05) is 54.9 Å². The van der Waals surface area contributed by atoms with Crippen molar-refractivity contribution < 1.29 is 4.79 Å². The highest BCUT2D eigenvalue weighted by Crippen LogP contribution is 2.36. The molecular formula is C27H31BrN4O. The number of nitrogens with zero attached hydrogens (tertiary/aromatic N) is 4. The normalized spacial score (nSPS) is 24.0. The molecule has 0 bridgehead atoms. The van der Waals surface area contributed by atoms with Crippen molar-refractivity contribution in [2.45, 2.75) is 38.6 Å². The zero-order chi connectivity index (χ0) is 22.4. The Morgan fingerprint density at radius 1 is 0.939 bits per heavy atom. The molecule has 2 saturated heterocycles. The molecule has 2 unspecified atom stereocenters. The Morgan fingerprint density at radius 3 is 2.39 bits per heavy atom. The van der Waals surface area contributed by atoms with Crippen molar-refractivity contribution in [1.29, 1.82) is 0 Å². The van der Waals surface area contributed by atoms with Gasteiger partial charge in [-0.25, -0.2) is 4.98 Å². The first-order chi connectivity index (χ1) is 16.2. The molecule has 2 aromatic heterocycles. The van der Waals surface area contributed by atoms with Gasteiger partial charge in [-0.1, -0.05) is 53.4 Å². The molecule has 172 valence electrons. The third-order valence-corrected chi connectivity index (χ3v) is 8.48. The van der Waals surface area contributed by atoms with Gasteiger partial charge >= 0.3 is 0 Å². The quantitative estimate of drug-likeness (QED) is 0.486. The first-order valence-corrected chi connectivity index (χ1v) is 13.2. The Balaban J connectivity index is 1.18. The molecule has 6 heteroatoms. The van der Waals surface area contributed by atoms with Gasteiger partial charge in [0.15, 0.2) is 0 Å². The number of benzene rings is 1. The molecule has 3 aliphatic rings. The summed E-state index contributed by atoms with van der Waals surface area (Å²) < 4.78 is 3.32. The van der Waals surface area contributed by atoms with Crippen LogP contribution in [0.25, 0.3) is 16.9 Å². The molecule has 3 aromatic rings. The van der Waals surface area contributed by atoms with E-state index >= 15 is 0 Å². The zero-order valence-corrected chi connectivity index (χ0v) is 20.6. The maximum Gasteiger partial charge on any atom is 0.225 e. The van der Waals surface area contributed by atoms with E-state index in [9.17, 15) is 4.79 Å². The van der Waals surface area contributed by atoms with Crippen LogP contribution in [0, 0.1) is 17.8 Å². The van der Waals surface area contributed by atoms with Crippen molar-refractivity contribution in [2.75, 3.05) is 26.2 Å². The largest absolute Gasteiger partial charge is 0.342 e. The lowest BCUT2D eigenvalue weighted by Crippen LogP contribution is -2.37. The van der Waals surface area contributed by atoms with E-state index in [1.165, 1.54) is 25.0 Å². The van der Waals surface area contributed by atoms with Crippen LogP contribution in [-0.4, -0.2) is 51.3 Å². The van der Waals surface area contributed by atoms with E-state index in [-0.39, 0.29) is 0 Å². The number of imidazole rings is 1. The third kappa shape index (κ3) is 4.12. The van der Waals surface area contributed by atoms with Gasteiger partial charge in [0.1, 0.15) is 5.65 Å². The van der Waals surface area contributed by atoms with E-state index in [0.717, 1.165) is 66.9 Å². The van der Waals surface area contributed by atoms with Gasteiger partial charge in [0.25, 0.3) is 0 Å². The van der Waals surface area contributed by atoms with E-state index in [1.807, 2.05) is 0 Å². The van der Waals surface area contributed by atoms with Gasteiger partial charge in [-0.3, -0.25) is 9.69 Å². The molecule has 1 amide bonds. The average Bonchev–Trinajstić information content (AvgIpc) is 3.52. The molecular weight excluding hydrogens is 476 g/mol. The van der Waals surface area contributed by atoms with E-state index < -0.39 is 0 Å². The number of aromatic nitrogens is 2. The second kappa shape index (κ2) is 8.88. The van der Waals surface area contributed by atoms with Crippen LogP contribution >= 0.6 is 15.9 Å². The molecule has 3 fully saturated rings. The highest BCUT2D eigenvalue weighted by molar-refractivity contribution is 9.10. The van der Waals surface area contributed by atoms with Gasteiger partial charge in [0.2, 0.25) is 5.91 Å². The lowest BCUT2D eigenvalue weighted by atomic mass is 9.88. The van der Waals surface area contributed by atoms with Crippen molar-refractivity contribution in [1.82, 2.24) is 19.2 Å². The highest BCUT2D eigenvalue weighted by Gasteiger charge is 2.43. The molecule has 6 rings (SSSR count). The van der Waals surface area contributed by atoms with E-state index in [2.05, 4.69) is 78.8 Å². The molecule has 33 heavy (non-hydrogen) atoms. The van der Waals surface area contributed by atoms with Crippen LogP contribution in [0.4, 0.5) is 0 Å². The highest BCUT2D eigenvalue weighted by atomic mass is 79.9. The smallest absolute Gasteiger partial charge is 0.225 e. The minimum Gasteiger partial charge on any atom is -0.342 e. The fourth-order valence-electron chi connectivity index (χ4n) is 6.26. The topological polar surface area (TPSA) is 40.9 Å². The molecule has 0 N–H and O–H groups in total. The number of amides is 1. The number of carbonyl (C=O) groups excluding carboxylic acids is 1.